The van der Waals surface area contributed by atoms with Crippen molar-refractivity contribution >= 4 is 39.4 Å². The zero-order chi connectivity index (χ0) is 22.5. The molecule has 0 saturated heterocycles. The summed E-state index contributed by atoms with van der Waals surface area (Å²) in [6.07, 6.45) is 1.28. The molecule has 164 valence electrons. The summed E-state index contributed by atoms with van der Waals surface area (Å²) in [4.78, 5) is 18.0. The number of hydrogen-bond donors (Lipinski definition) is 1. The van der Waals surface area contributed by atoms with Gasteiger partial charge in [0.1, 0.15) is 11.9 Å². The van der Waals surface area contributed by atoms with Crippen molar-refractivity contribution in [2.24, 2.45) is 5.41 Å². The van der Waals surface area contributed by atoms with Gasteiger partial charge in [0.15, 0.2) is 5.78 Å². The summed E-state index contributed by atoms with van der Waals surface area (Å²) < 4.78 is 16.3. The van der Waals surface area contributed by atoms with Crippen LogP contribution in [-0.2, 0) is 10.5 Å². The van der Waals surface area contributed by atoms with E-state index >= 15 is 0 Å². The van der Waals surface area contributed by atoms with Crippen LogP contribution in [0.1, 0.15) is 43.9 Å². The van der Waals surface area contributed by atoms with E-state index in [4.69, 9.17) is 10.1 Å². The minimum absolute atomic E-state index is 0.109. The molecule has 3 aromatic rings. The van der Waals surface area contributed by atoms with Gasteiger partial charge in [0.25, 0.3) is 0 Å². The van der Waals surface area contributed by atoms with Crippen molar-refractivity contribution in [2.45, 2.75) is 43.6 Å². The second-order valence-electron chi connectivity index (χ2n) is 9.00. The molecule has 2 heterocycles. The number of nitrogens with one attached hydrogen (secondary N) is 1. The SMILES string of the molecule is CC1(C)CC(=O)C2=C(C1)Nc1nc(SCc3cccc(F)c3)nn1[C@@H]2c1cccc(Br)c1. The molecule has 1 aliphatic carbocycles. The van der Waals surface area contributed by atoms with Crippen molar-refractivity contribution in [2.75, 3.05) is 5.32 Å². The Bertz CT molecular complexity index is 1250. The average molecular weight is 513 g/mol. The highest BCUT2D eigenvalue weighted by Crippen LogP contribution is 2.46. The van der Waals surface area contributed by atoms with Crippen molar-refractivity contribution in [3.8, 4) is 0 Å². The molecular weight excluding hydrogens is 491 g/mol. The number of ketones is 1. The van der Waals surface area contributed by atoms with Gasteiger partial charge in [-0.1, -0.05) is 65.8 Å². The second kappa shape index (κ2) is 8.15. The molecule has 2 aromatic carbocycles. The summed E-state index contributed by atoms with van der Waals surface area (Å²) >= 11 is 5.00. The number of carbonyl (C=O) groups excluding carboxylic acids is 1. The first-order valence-corrected chi connectivity index (χ1v) is 12.2. The van der Waals surface area contributed by atoms with E-state index < -0.39 is 0 Å². The number of benzene rings is 2. The molecule has 1 atom stereocenters. The van der Waals surface area contributed by atoms with Crippen LogP contribution >= 0.6 is 27.7 Å². The van der Waals surface area contributed by atoms with Gasteiger partial charge < -0.3 is 5.32 Å². The Balaban J connectivity index is 1.53. The number of fused-ring (bicyclic) bond motifs is 1. The van der Waals surface area contributed by atoms with Crippen LogP contribution in [-0.4, -0.2) is 20.5 Å². The van der Waals surface area contributed by atoms with Crippen molar-refractivity contribution < 1.29 is 9.18 Å². The smallest absolute Gasteiger partial charge is 0.227 e. The molecule has 0 spiro atoms. The highest BCUT2D eigenvalue weighted by Gasteiger charge is 2.41. The minimum atomic E-state index is -0.335. The second-order valence-corrected chi connectivity index (χ2v) is 10.9. The quantitative estimate of drug-likeness (QED) is 0.426. The van der Waals surface area contributed by atoms with Gasteiger partial charge in [-0.25, -0.2) is 9.07 Å². The molecule has 0 saturated carbocycles. The minimum Gasteiger partial charge on any atom is -0.328 e. The molecule has 1 aliphatic heterocycles. The van der Waals surface area contributed by atoms with Gasteiger partial charge in [-0.15, -0.1) is 5.10 Å². The number of halogens is 2. The monoisotopic (exact) mass is 512 g/mol. The van der Waals surface area contributed by atoms with Crippen molar-refractivity contribution in [1.29, 1.82) is 0 Å². The normalized spacial score (nSPS) is 19.4. The average Bonchev–Trinajstić information content (AvgIpc) is 3.12. The lowest BCUT2D eigenvalue weighted by Gasteiger charge is -2.38. The molecule has 2 aliphatic rings. The summed E-state index contributed by atoms with van der Waals surface area (Å²) in [5.74, 6) is 1.07. The Morgan fingerprint density at radius 3 is 2.81 bits per heavy atom. The molecular formula is C24H22BrFN4OS. The first-order chi connectivity index (χ1) is 15.3. The van der Waals surface area contributed by atoms with Gasteiger partial charge in [0, 0.05) is 27.9 Å². The molecule has 1 aromatic heterocycles. The molecule has 0 radical (unpaired) electrons. The lowest BCUT2D eigenvalue weighted by atomic mass is 9.73. The number of allylic oxidation sites excluding steroid dienone is 2. The van der Waals surface area contributed by atoms with E-state index in [-0.39, 0.29) is 23.1 Å². The number of Topliss-reactive ketones (excluding diaryl/α,β-unsaturated/α-hetero) is 1. The van der Waals surface area contributed by atoms with Crippen LogP contribution in [0.4, 0.5) is 10.3 Å². The van der Waals surface area contributed by atoms with Crippen LogP contribution in [0.15, 0.2) is 69.4 Å². The maximum Gasteiger partial charge on any atom is 0.227 e. The Kier molecular flexibility index (Phi) is 5.45. The van der Waals surface area contributed by atoms with Gasteiger partial charge in [-0.3, -0.25) is 4.79 Å². The molecule has 5 nitrogen and oxygen atoms in total. The van der Waals surface area contributed by atoms with Gasteiger partial charge in [-0.05, 0) is 47.2 Å². The third-order valence-electron chi connectivity index (χ3n) is 5.73. The van der Waals surface area contributed by atoms with Gasteiger partial charge in [0.2, 0.25) is 11.1 Å². The highest BCUT2D eigenvalue weighted by atomic mass is 79.9. The van der Waals surface area contributed by atoms with Crippen LogP contribution in [0.5, 0.6) is 0 Å². The van der Waals surface area contributed by atoms with Crippen molar-refractivity contribution in [1.82, 2.24) is 14.8 Å². The molecule has 5 rings (SSSR count). The Labute approximate surface area is 198 Å². The molecule has 0 bridgehead atoms. The van der Waals surface area contributed by atoms with E-state index in [1.807, 2.05) is 35.0 Å². The van der Waals surface area contributed by atoms with Crippen LogP contribution < -0.4 is 5.32 Å². The zero-order valence-electron chi connectivity index (χ0n) is 17.7. The number of aromatic nitrogens is 3. The van der Waals surface area contributed by atoms with E-state index in [1.54, 1.807) is 6.07 Å². The molecule has 0 fully saturated rings. The zero-order valence-corrected chi connectivity index (χ0v) is 20.1. The van der Waals surface area contributed by atoms with E-state index in [1.165, 1.54) is 23.9 Å². The summed E-state index contributed by atoms with van der Waals surface area (Å²) in [5, 5.41) is 8.72. The fraction of sp³-hybridized carbons (Fsp3) is 0.292. The summed E-state index contributed by atoms with van der Waals surface area (Å²) in [6, 6.07) is 14.2. The Morgan fingerprint density at radius 1 is 1.22 bits per heavy atom. The molecule has 0 amide bonds. The number of nitrogens with zero attached hydrogens (tertiary/aromatic N) is 3. The lowest BCUT2D eigenvalue weighted by Crippen LogP contribution is -2.36. The first-order valence-electron chi connectivity index (χ1n) is 10.4. The summed E-state index contributed by atoms with van der Waals surface area (Å²) in [5.41, 5.74) is 3.43. The van der Waals surface area contributed by atoms with Gasteiger partial charge in [0.05, 0.1) is 0 Å². The lowest BCUT2D eigenvalue weighted by molar-refractivity contribution is -0.118. The fourth-order valence-electron chi connectivity index (χ4n) is 4.41. The maximum absolute atomic E-state index is 13.5. The third kappa shape index (κ3) is 4.13. The Hall–Kier alpha value is -2.45. The van der Waals surface area contributed by atoms with E-state index in [0.717, 1.165) is 33.3 Å². The number of rotatable bonds is 4. The number of anilines is 1. The van der Waals surface area contributed by atoms with Gasteiger partial charge in [-0.2, -0.15) is 4.98 Å². The fourth-order valence-corrected chi connectivity index (χ4v) is 5.60. The number of carbonyl (C=O) groups is 1. The van der Waals surface area contributed by atoms with E-state index in [2.05, 4.69) is 35.1 Å². The van der Waals surface area contributed by atoms with Crippen LogP contribution in [0.3, 0.4) is 0 Å². The largest absolute Gasteiger partial charge is 0.328 e. The molecule has 32 heavy (non-hydrogen) atoms. The predicted molar refractivity (Wildman–Crippen MR) is 127 cm³/mol. The Morgan fingerprint density at radius 2 is 2.03 bits per heavy atom. The van der Waals surface area contributed by atoms with Gasteiger partial charge >= 0.3 is 0 Å². The van der Waals surface area contributed by atoms with Crippen molar-refractivity contribution in [3.05, 3.63) is 81.2 Å². The third-order valence-corrected chi connectivity index (χ3v) is 7.14. The standard InChI is InChI=1S/C24H22BrFN4OS/c1-24(2)11-18-20(19(31)12-24)21(15-6-4-7-16(25)10-15)30-22(27-18)28-23(29-30)32-13-14-5-3-8-17(26)9-14/h3-10,21H,11-13H2,1-2H3,(H,27,28,29)/t21-/m1/s1. The van der Waals surface area contributed by atoms with E-state index in [9.17, 15) is 9.18 Å². The number of hydrogen-bond acceptors (Lipinski definition) is 5. The summed E-state index contributed by atoms with van der Waals surface area (Å²) in [6.45, 7) is 4.23. The van der Waals surface area contributed by atoms with Crippen molar-refractivity contribution in [3.63, 3.8) is 0 Å². The number of thioether (sulfide) groups is 1. The predicted octanol–water partition coefficient (Wildman–Crippen LogP) is 6.13. The molecule has 0 unspecified atom stereocenters. The van der Waals surface area contributed by atoms with E-state index in [0.29, 0.717) is 23.3 Å². The molecule has 8 heteroatoms. The first kappa shape index (κ1) is 21.4. The summed E-state index contributed by atoms with van der Waals surface area (Å²) in [7, 11) is 0. The highest BCUT2D eigenvalue weighted by molar-refractivity contribution is 9.10. The topological polar surface area (TPSA) is 59.8 Å². The van der Waals surface area contributed by atoms with Crippen LogP contribution in [0, 0.1) is 11.2 Å². The molecule has 1 N–H and O–H groups in total. The van der Waals surface area contributed by atoms with Crippen LogP contribution in [0.2, 0.25) is 0 Å². The maximum atomic E-state index is 13.5. The van der Waals surface area contributed by atoms with Crippen LogP contribution in [0.25, 0.3) is 0 Å².